The summed E-state index contributed by atoms with van der Waals surface area (Å²) in [7, 11) is 0. The van der Waals surface area contributed by atoms with Crippen LogP contribution < -0.4 is 5.32 Å². The summed E-state index contributed by atoms with van der Waals surface area (Å²) in [5, 5.41) is 12.1. The van der Waals surface area contributed by atoms with Gasteiger partial charge in [-0.25, -0.2) is 0 Å². The van der Waals surface area contributed by atoms with Crippen molar-refractivity contribution in [2.24, 2.45) is 23.7 Å². The monoisotopic (exact) mass is 284 g/mol. The summed E-state index contributed by atoms with van der Waals surface area (Å²) in [6.45, 7) is 6.62. The number of para-hydroxylation sites is 1. The summed E-state index contributed by atoms with van der Waals surface area (Å²) in [4.78, 5) is 12.7. The summed E-state index contributed by atoms with van der Waals surface area (Å²) >= 11 is 0. The van der Waals surface area contributed by atoms with Gasteiger partial charge in [-0.1, -0.05) is 39.3 Å². The maximum absolute atomic E-state index is 12.7. The molecule has 1 aromatic rings. The van der Waals surface area contributed by atoms with Crippen LogP contribution in [0.2, 0.25) is 0 Å². The lowest BCUT2D eigenvalue weighted by atomic mass is 9.70. The van der Waals surface area contributed by atoms with Gasteiger partial charge in [0.1, 0.15) is 6.07 Å². The van der Waals surface area contributed by atoms with E-state index in [0.29, 0.717) is 29.0 Å². The van der Waals surface area contributed by atoms with Crippen molar-refractivity contribution in [1.29, 1.82) is 5.26 Å². The normalized spacial score (nSPS) is 25.4. The third kappa shape index (κ3) is 3.64. The summed E-state index contributed by atoms with van der Waals surface area (Å²) in [6, 6.07) is 9.33. The van der Waals surface area contributed by atoms with E-state index in [2.05, 4.69) is 32.2 Å². The second-order valence-electron chi connectivity index (χ2n) is 6.58. The number of rotatable bonds is 3. The third-order valence-electron chi connectivity index (χ3n) is 4.66. The highest BCUT2D eigenvalue weighted by atomic mass is 16.1. The fourth-order valence-electron chi connectivity index (χ4n) is 3.42. The van der Waals surface area contributed by atoms with Gasteiger partial charge in [-0.05, 0) is 42.7 Å². The average molecular weight is 284 g/mol. The molecule has 3 heteroatoms. The first kappa shape index (κ1) is 15.6. The molecule has 0 spiro atoms. The molecule has 3 unspecified atom stereocenters. The van der Waals surface area contributed by atoms with Crippen molar-refractivity contribution in [2.45, 2.75) is 40.0 Å². The quantitative estimate of drug-likeness (QED) is 0.904. The Kier molecular flexibility index (Phi) is 5.01. The van der Waals surface area contributed by atoms with Gasteiger partial charge < -0.3 is 5.32 Å². The van der Waals surface area contributed by atoms with Crippen LogP contribution in [0, 0.1) is 35.0 Å². The lowest BCUT2D eigenvalue weighted by molar-refractivity contribution is -0.123. The van der Waals surface area contributed by atoms with Gasteiger partial charge in [0.25, 0.3) is 0 Å². The Bertz CT molecular complexity index is 544. The molecule has 1 saturated carbocycles. The molecule has 0 aliphatic heterocycles. The lowest BCUT2D eigenvalue weighted by Crippen LogP contribution is -2.36. The van der Waals surface area contributed by atoms with Crippen LogP contribution in [0.1, 0.15) is 45.6 Å². The Balaban J connectivity index is 2.15. The Morgan fingerprint density at radius 2 is 2.05 bits per heavy atom. The van der Waals surface area contributed by atoms with E-state index in [-0.39, 0.29) is 11.8 Å². The Hall–Kier alpha value is -1.82. The van der Waals surface area contributed by atoms with Crippen LogP contribution in [-0.2, 0) is 4.79 Å². The standard InChI is InChI=1S/C18H24N2O/c1-12(2)15-9-8-13(3)10-16(15)18(21)20-17-7-5-4-6-14(17)11-19/h4-7,12-13,15-16H,8-10H2,1-3H3,(H,20,21). The predicted octanol–water partition coefficient (Wildman–Crippen LogP) is 4.21. The largest absolute Gasteiger partial charge is 0.325 e. The lowest BCUT2D eigenvalue weighted by Gasteiger charge is -2.36. The first-order chi connectivity index (χ1) is 10.0. The number of amides is 1. The van der Waals surface area contributed by atoms with E-state index >= 15 is 0 Å². The Morgan fingerprint density at radius 3 is 2.71 bits per heavy atom. The van der Waals surface area contributed by atoms with E-state index in [1.165, 1.54) is 6.42 Å². The molecule has 0 bridgehead atoms. The number of nitrogens with one attached hydrogen (secondary N) is 1. The summed E-state index contributed by atoms with van der Waals surface area (Å²) in [5.41, 5.74) is 1.15. The van der Waals surface area contributed by atoms with Gasteiger partial charge in [-0.15, -0.1) is 0 Å². The summed E-state index contributed by atoms with van der Waals surface area (Å²) in [6.07, 6.45) is 3.28. The molecule has 1 aromatic carbocycles. The number of benzene rings is 1. The minimum Gasteiger partial charge on any atom is -0.325 e. The Labute approximate surface area is 127 Å². The van der Waals surface area contributed by atoms with Crippen molar-refractivity contribution in [2.75, 3.05) is 5.32 Å². The molecule has 1 aliphatic rings. The number of nitrogens with zero attached hydrogens (tertiary/aromatic N) is 1. The van der Waals surface area contributed by atoms with E-state index in [1.807, 2.05) is 12.1 Å². The molecule has 0 heterocycles. The highest BCUT2D eigenvalue weighted by Gasteiger charge is 2.35. The zero-order chi connectivity index (χ0) is 15.4. The van der Waals surface area contributed by atoms with E-state index in [9.17, 15) is 4.79 Å². The van der Waals surface area contributed by atoms with Crippen LogP contribution in [0.3, 0.4) is 0 Å². The minimum absolute atomic E-state index is 0.0560. The number of nitriles is 1. The van der Waals surface area contributed by atoms with Crippen LogP contribution in [0.15, 0.2) is 24.3 Å². The zero-order valence-electron chi connectivity index (χ0n) is 13.1. The van der Waals surface area contributed by atoms with Crippen molar-refractivity contribution in [3.63, 3.8) is 0 Å². The molecule has 3 nitrogen and oxygen atoms in total. The first-order valence-corrected chi connectivity index (χ1v) is 7.83. The highest BCUT2D eigenvalue weighted by Crippen LogP contribution is 2.38. The van der Waals surface area contributed by atoms with Gasteiger partial charge in [0.05, 0.1) is 11.3 Å². The average Bonchev–Trinajstić information content (AvgIpc) is 2.47. The van der Waals surface area contributed by atoms with Crippen LogP contribution in [-0.4, -0.2) is 5.91 Å². The summed E-state index contributed by atoms with van der Waals surface area (Å²) < 4.78 is 0. The van der Waals surface area contributed by atoms with E-state index in [4.69, 9.17) is 5.26 Å². The maximum Gasteiger partial charge on any atom is 0.227 e. The highest BCUT2D eigenvalue weighted by molar-refractivity contribution is 5.94. The fraction of sp³-hybridized carbons (Fsp3) is 0.556. The van der Waals surface area contributed by atoms with Crippen LogP contribution in [0.4, 0.5) is 5.69 Å². The van der Waals surface area contributed by atoms with E-state index in [1.54, 1.807) is 12.1 Å². The molecule has 0 aromatic heterocycles. The number of anilines is 1. The third-order valence-corrected chi connectivity index (χ3v) is 4.66. The summed E-state index contributed by atoms with van der Waals surface area (Å²) in [5.74, 6) is 1.68. The smallest absolute Gasteiger partial charge is 0.227 e. The van der Waals surface area contributed by atoms with Gasteiger partial charge in [-0.3, -0.25) is 4.79 Å². The maximum atomic E-state index is 12.7. The molecule has 1 N–H and O–H groups in total. The van der Waals surface area contributed by atoms with Crippen molar-refractivity contribution < 1.29 is 4.79 Å². The second-order valence-corrected chi connectivity index (χ2v) is 6.58. The number of hydrogen-bond acceptors (Lipinski definition) is 2. The van der Waals surface area contributed by atoms with Crippen molar-refractivity contribution in [3.05, 3.63) is 29.8 Å². The SMILES string of the molecule is CC1CCC(C(C)C)C(C(=O)Nc2ccccc2C#N)C1. The number of carbonyl (C=O) groups excluding carboxylic acids is 1. The van der Waals surface area contributed by atoms with Crippen LogP contribution in [0.5, 0.6) is 0 Å². The topological polar surface area (TPSA) is 52.9 Å². The molecule has 112 valence electrons. The van der Waals surface area contributed by atoms with E-state index < -0.39 is 0 Å². The van der Waals surface area contributed by atoms with Crippen LogP contribution >= 0.6 is 0 Å². The van der Waals surface area contributed by atoms with Gasteiger partial charge in [0.15, 0.2) is 0 Å². The van der Waals surface area contributed by atoms with Crippen molar-refractivity contribution in [1.82, 2.24) is 0 Å². The molecule has 1 aliphatic carbocycles. The van der Waals surface area contributed by atoms with Gasteiger partial charge in [0.2, 0.25) is 5.91 Å². The van der Waals surface area contributed by atoms with Crippen molar-refractivity contribution >= 4 is 11.6 Å². The van der Waals surface area contributed by atoms with E-state index in [0.717, 1.165) is 12.8 Å². The van der Waals surface area contributed by atoms with Crippen LogP contribution in [0.25, 0.3) is 0 Å². The fourth-order valence-corrected chi connectivity index (χ4v) is 3.42. The van der Waals surface area contributed by atoms with Crippen molar-refractivity contribution in [3.8, 4) is 6.07 Å². The van der Waals surface area contributed by atoms with Gasteiger partial charge in [-0.2, -0.15) is 5.26 Å². The number of carbonyl (C=O) groups is 1. The predicted molar refractivity (Wildman–Crippen MR) is 84.6 cm³/mol. The number of hydrogen-bond donors (Lipinski definition) is 1. The molecular formula is C18H24N2O. The van der Waals surface area contributed by atoms with Gasteiger partial charge >= 0.3 is 0 Å². The Morgan fingerprint density at radius 1 is 1.33 bits per heavy atom. The van der Waals surface area contributed by atoms with Gasteiger partial charge in [0, 0.05) is 5.92 Å². The molecule has 0 saturated heterocycles. The zero-order valence-corrected chi connectivity index (χ0v) is 13.1. The molecule has 0 radical (unpaired) electrons. The molecule has 1 amide bonds. The molecular weight excluding hydrogens is 260 g/mol. The molecule has 1 fully saturated rings. The first-order valence-electron chi connectivity index (χ1n) is 7.83. The molecule has 3 atom stereocenters. The minimum atomic E-state index is 0.0560. The molecule has 2 rings (SSSR count). The molecule has 21 heavy (non-hydrogen) atoms. The second kappa shape index (κ2) is 6.76.